The minimum Gasteiger partial charge on any atom is -0.493 e. The van der Waals surface area contributed by atoms with Gasteiger partial charge in [-0.3, -0.25) is 9.59 Å². The summed E-state index contributed by atoms with van der Waals surface area (Å²) >= 11 is 0. The topological polar surface area (TPSA) is 101 Å². The maximum absolute atomic E-state index is 12.0. The Morgan fingerprint density at radius 3 is 2.62 bits per heavy atom. The largest absolute Gasteiger partial charge is 0.493 e. The van der Waals surface area contributed by atoms with Gasteiger partial charge in [0.2, 0.25) is 5.91 Å². The second kappa shape index (κ2) is 7.21. The summed E-state index contributed by atoms with van der Waals surface area (Å²) < 4.78 is 28.5. The lowest BCUT2D eigenvalue weighted by Crippen LogP contribution is -2.31. The number of amides is 1. The van der Waals surface area contributed by atoms with E-state index in [1.54, 1.807) is 19.2 Å². The average molecular weight is 355 g/mol. The molecule has 2 atom stereocenters. The van der Waals surface area contributed by atoms with Crippen LogP contribution in [0.2, 0.25) is 0 Å². The van der Waals surface area contributed by atoms with Crippen molar-refractivity contribution in [3.63, 3.8) is 0 Å². The van der Waals surface area contributed by atoms with Gasteiger partial charge in [0.25, 0.3) is 0 Å². The molecular weight excluding hydrogens is 334 g/mol. The van der Waals surface area contributed by atoms with Crippen molar-refractivity contribution >= 4 is 21.7 Å². The minimum absolute atomic E-state index is 0.151. The zero-order valence-corrected chi connectivity index (χ0v) is 14.5. The van der Waals surface area contributed by atoms with Crippen LogP contribution < -0.4 is 4.74 Å². The minimum atomic E-state index is -3.28. The van der Waals surface area contributed by atoms with Crippen molar-refractivity contribution < 1.29 is 27.9 Å². The molecule has 2 rings (SSSR count). The highest BCUT2D eigenvalue weighted by molar-refractivity contribution is 7.90. The first-order chi connectivity index (χ1) is 11.2. The zero-order valence-electron chi connectivity index (χ0n) is 13.6. The molecule has 0 unspecified atom stereocenters. The maximum atomic E-state index is 12.0. The molecule has 24 heavy (non-hydrogen) atoms. The van der Waals surface area contributed by atoms with Crippen LogP contribution in [0, 0.1) is 11.8 Å². The number of rotatable bonds is 8. The summed E-state index contributed by atoms with van der Waals surface area (Å²) in [4.78, 5) is 24.5. The molecule has 7 nitrogen and oxygen atoms in total. The molecule has 1 amide bonds. The molecule has 0 bridgehead atoms. The summed E-state index contributed by atoms with van der Waals surface area (Å²) in [5, 5.41) is 8.84. The van der Waals surface area contributed by atoms with Crippen LogP contribution >= 0.6 is 0 Å². The van der Waals surface area contributed by atoms with Crippen LogP contribution in [0.25, 0.3) is 0 Å². The van der Waals surface area contributed by atoms with Crippen LogP contribution in [-0.4, -0.2) is 56.8 Å². The van der Waals surface area contributed by atoms with Crippen molar-refractivity contribution in [2.45, 2.75) is 17.7 Å². The number of sulfone groups is 1. The van der Waals surface area contributed by atoms with Gasteiger partial charge in [0.1, 0.15) is 5.75 Å². The molecule has 8 heteroatoms. The Kier molecular flexibility index (Phi) is 5.48. The summed E-state index contributed by atoms with van der Waals surface area (Å²) in [5.41, 5.74) is 0. The Bertz CT molecular complexity index is 730. The third-order valence-corrected chi connectivity index (χ3v) is 5.05. The fraction of sp³-hybridized carbons (Fsp3) is 0.500. The van der Waals surface area contributed by atoms with E-state index in [0.717, 1.165) is 6.26 Å². The molecule has 0 aliphatic heterocycles. The molecule has 1 N–H and O–H groups in total. The molecular formula is C16H21NO6S. The average Bonchev–Trinajstić information content (AvgIpc) is 3.31. The van der Waals surface area contributed by atoms with Crippen molar-refractivity contribution in [3.8, 4) is 5.75 Å². The monoisotopic (exact) mass is 355 g/mol. The summed E-state index contributed by atoms with van der Waals surface area (Å²) in [7, 11) is -1.63. The van der Waals surface area contributed by atoms with E-state index in [4.69, 9.17) is 9.84 Å². The zero-order chi connectivity index (χ0) is 17.9. The summed E-state index contributed by atoms with van der Waals surface area (Å²) in [6.07, 6.45) is 2.11. The predicted octanol–water partition coefficient (Wildman–Crippen LogP) is 1.04. The van der Waals surface area contributed by atoms with Gasteiger partial charge in [-0.25, -0.2) is 8.42 Å². The van der Waals surface area contributed by atoms with Crippen LogP contribution in [0.3, 0.4) is 0 Å². The van der Waals surface area contributed by atoms with E-state index in [2.05, 4.69) is 0 Å². The van der Waals surface area contributed by atoms with Gasteiger partial charge >= 0.3 is 5.97 Å². The Morgan fingerprint density at radius 1 is 1.33 bits per heavy atom. The number of carbonyl (C=O) groups excluding carboxylic acids is 1. The highest BCUT2D eigenvalue weighted by Gasteiger charge is 2.49. The number of carboxylic acid groups (broad SMARTS) is 1. The van der Waals surface area contributed by atoms with Gasteiger partial charge in [-0.15, -0.1) is 0 Å². The molecule has 1 aliphatic carbocycles. The molecule has 0 saturated heterocycles. The Morgan fingerprint density at radius 2 is 2.04 bits per heavy atom. The van der Waals surface area contributed by atoms with Gasteiger partial charge in [0.05, 0.1) is 23.3 Å². The molecule has 0 spiro atoms. The van der Waals surface area contributed by atoms with Crippen molar-refractivity contribution in [1.29, 1.82) is 0 Å². The highest BCUT2D eigenvalue weighted by atomic mass is 32.2. The van der Waals surface area contributed by atoms with Crippen molar-refractivity contribution in [2.24, 2.45) is 11.8 Å². The van der Waals surface area contributed by atoms with Gasteiger partial charge in [-0.2, -0.15) is 0 Å². The first-order valence-corrected chi connectivity index (χ1v) is 9.50. The number of benzene rings is 1. The van der Waals surface area contributed by atoms with E-state index >= 15 is 0 Å². The van der Waals surface area contributed by atoms with Gasteiger partial charge in [0, 0.05) is 19.8 Å². The van der Waals surface area contributed by atoms with Crippen LogP contribution in [0.15, 0.2) is 29.2 Å². The van der Waals surface area contributed by atoms with E-state index in [1.807, 2.05) is 0 Å². The van der Waals surface area contributed by atoms with Crippen LogP contribution in [0.5, 0.6) is 5.75 Å². The third kappa shape index (κ3) is 4.70. The smallest absolute Gasteiger partial charge is 0.307 e. The standard InChI is InChI=1S/C16H21NO6S/c1-17(15(18)13-10-14(13)16(19)20)7-4-8-23-11-5-3-6-12(9-11)24(2,21)22/h3,5-6,9,13-14H,4,7-8,10H2,1-2H3,(H,19,20)/t13-,14+/m1/s1. The molecule has 1 fully saturated rings. The summed E-state index contributed by atoms with van der Waals surface area (Å²) in [6.45, 7) is 0.783. The fourth-order valence-corrected chi connectivity index (χ4v) is 3.08. The van der Waals surface area contributed by atoms with E-state index in [9.17, 15) is 18.0 Å². The van der Waals surface area contributed by atoms with Gasteiger partial charge in [-0.05, 0) is 31.0 Å². The number of carboxylic acids is 1. The van der Waals surface area contributed by atoms with E-state index in [-0.39, 0.29) is 10.8 Å². The Balaban J connectivity index is 1.75. The van der Waals surface area contributed by atoms with E-state index < -0.39 is 27.6 Å². The molecule has 0 radical (unpaired) electrons. The van der Waals surface area contributed by atoms with Crippen molar-refractivity contribution in [1.82, 2.24) is 4.90 Å². The summed E-state index contributed by atoms with van der Waals surface area (Å²) in [6, 6.07) is 6.25. The number of hydrogen-bond donors (Lipinski definition) is 1. The van der Waals surface area contributed by atoms with Crippen LogP contribution in [-0.2, 0) is 19.4 Å². The fourth-order valence-electron chi connectivity index (χ4n) is 2.42. The third-order valence-electron chi connectivity index (χ3n) is 3.94. The highest BCUT2D eigenvalue weighted by Crippen LogP contribution is 2.39. The normalized spacial score (nSPS) is 19.6. The van der Waals surface area contributed by atoms with Crippen LogP contribution in [0.4, 0.5) is 0 Å². The first kappa shape index (κ1) is 18.3. The first-order valence-electron chi connectivity index (χ1n) is 7.61. The Labute approximate surface area is 141 Å². The molecule has 132 valence electrons. The molecule has 0 aromatic heterocycles. The molecule has 1 aromatic rings. The molecule has 1 aliphatic rings. The van der Waals surface area contributed by atoms with Gasteiger partial charge in [-0.1, -0.05) is 6.07 Å². The number of nitrogens with zero attached hydrogens (tertiary/aromatic N) is 1. The number of hydrogen-bond acceptors (Lipinski definition) is 5. The summed E-state index contributed by atoms with van der Waals surface area (Å²) in [5.74, 6) is -1.56. The van der Waals surface area contributed by atoms with Gasteiger partial charge < -0.3 is 14.7 Å². The van der Waals surface area contributed by atoms with Crippen molar-refractivity contribution in [3.05, 3.63) is 24.3 Å². The molecule has 1 saturated carbocycles. The molecule has 1 aromatic carbocycles. The van der Waals surface area contributed by atoms with Crippen molar-refractivity contribution in [2.75, 3.05) is 26.5 Å². The SMILES string of the molecule is CN(CCCOc1cccc(S(C)(=O)=O)c1)C(=O)[C@@H]1C[C@@H]1C(=O)O. The predicted molar refractivity (Wildman–Crippen MR) is 86.5 cm³/mol. The van der Waals surface area contributed by atoms with E-state index in [1.165, 1.54) is 17.0 Å². The molecule has 0 heterocycles. The second-order valence-electron chi connectivity index (χ2n) is 6.00. The number of ether oxygens (including phenoxy) is 1. The Hall–Kier alpha value is -2.09. The number of carbonyl (C=O) groups is 2. The number of aliphatic carboxylic acids is 1. The quantitative estimate of drug-likeness (QED) is 0.699. The van der Waals surface area contributed by atoms with E-state index in [0.29, 0.717) is 31.7 Å². The van der Waals surface area contributed by atoms with Gasteiger partial charge in [0.15, 0.2) is 9.84 Å². The lowest BCUT2D eigenvalue weighted by Gasteiger charge is -2.17. The van der Waals surface area contributed by atoms with Crippen LogP contribution in [0.1, 0.15) is 12.8 Å². The second-order valence-corrected chi connectivity index (χ2v) is 8.01. The lowest BCUT2D eigenvalue weighted by molar-refractivity contribution is -0.141. The lowest BCUT2D eigenvalue weighted by atomic mass is 10.2. The maximum Gasteiger partial charge on any atom is 0.307 e.